The maximum Gasteiger partial charge on any atom is 0.546 e. The monoisotopic (exact) mass is 426 g/mol. The topological polar surface area (TPSA) is 123 Å². The van der Waals surface area contributed by atoms with Crippen LogP contribution in [0.2, 0.25) is 0 Å². The SMILES string of the molecule is CCCCCCCCOS(=O)(=O)C(=[N+]=[N-])S(=O)(=O)OCCCCCCCC. The molecular weight excluding hydrogens is 392 g/mol. The zero-order valence-corrected chi connectivity index (χ0v) is 18.2. The van der Waals surface area contributed by atoms with E-state index in [1.807, 2.05) is 0 Å². The van der Waals surface area contributed by atoms with Crippen LogP contribution in [0.1, 0.15) is 90.9 Å². The Balaban J connectivity index is 4.36. The third kappa shape index (κ3) is 12.3. The molecule has 0 spiro atoms. The summed E-state index contributed by atoms with van der Waals surface area (Å²) in [7, 11) is -9.39. The lowest BCUT2D eigenvalue weighted by molar-refractivity contribution is 0.00180. The zero-order chi connectivity index (χ0) is 20.6. The second-order valence-electron chi connectivity index (χ2n) is 6.45. The fourth-order valence-electron chi connectivity index (χ4n) is 2.43. The van der Waals surface area contributed by atoms with Crippen molar-refractivity contribution in [1.82, 2.24) is 0 Å². The van der Waals surface area contributed by atoms with Crippen LogP contribution in [-0.4, -0.2) is 39.2 Å². The summed E-state index contributed by atoms with van der Waals surface area (Å²) in [4.78, 5) is 2.40. The van der Waals surface area contributed by atoms with Gasteiger partial charge in [-0.05, 0) is 12.8 Å². The highest BCUT2D eigenvalue weighted by atomic mass is 32.3. The average Bonchev–Trinajstić information content (AvgIpc) is 2.60. The van der Waals surface area contributed by atoms with Crippen LogP contribution in [0.3, 0.4) is 0 Å². The van der Waals surface area contributed by atoms with Crippen molar-refractivity contribution in [1.29, 1.82) is 0 Å². The van der Waals surface area contributed by atoms with Gasteiger partial charge in [-0.25, -0.2) is 0 Å². The van der Waals surface area contributed by atoms with Crippen molar-refractivity contribution in [3.05, 3.63) is 5.53 Å². The van der Waals surface area contributed by atoms with Crippen LogP contribution in [0.5, 0.6) is 0 Å². The molecule has 0 amide bonds. The second-order valence-corrected chi connectivity index (χ2v) is 9.77. The first-order valence-electron chi connectivity index (χ1n) is 9.82. The van der Waals surface area contributed by atoms with E-state index in [1.54, 1.807) is 0 Å². The van der Waals surface area contributed by atoms with Crippen LogP contribution >= 0.6 is 0 Å². The molecule has 160 valence electrons. The Morgan fingerprint density at radius 2 is 1.00 bits per heavy atom. The summed E-state index contributed by atoms with van der Waals surface area (Å²) in [5.74, 6) is 0. The van der Waals surface area contributed by atoms with E-state index in [2.05, 4.69) is 27.0 Å². The van der Waals surface area contributed by atoms with Gasteiger partial charge in [-0.15, -0.1) is 4.79 Å². The average molecular weight is 427 g/mol. The molecule has 10 heteroatoms. The predicted molar refractivity (Wildman–Crippen MR) is 105 cm³/mol. The van der Waals surface area contributed by atoms with Crippen molar-refractivity contribution < 1.29 is 30.0 Å². The van der Waals surface area contributed by atoms with Gasteiger partial charge in [0.1, 0.15) is 0 Å². The minimum atomic E-state index is -4.70. The van der Waals surface area contributed by atoms with E-state index in [0.29, 0.717) is 12.8 Å². The summed E-state index contributed by atoms with van der Waals surface area (Å²) in [6.45, 7) is 3.86. The summed E-state index contributed by atoms with van der Waals surface area (Å²) in [5.41, 5.74) is 8.87. The first kappa shape index (κ1) is 26.2. The van der Waals surface area contributed by atoms with Gasteiger partial charge in [0.05, 0.1) is 13.2 Å². The van der Waals surface area contributed by atoms with E-state index in [-0.39, 0.29) is 13.2 Å². The van der Waals surface area contributed by atoms with Crippen LogP contribution in [0.15, 0.2) is 0 Å². The molecule has 0 bridgehead atoms. The van der Waals surface area contributed by atoms with Crippen LogP contribution < -0.4 is 0 Å². The van der Waals surface area contributed by atoms with Crippen LogP contribution in [-0.2, 0) is 28.6 Å². The molecule has 0 radical (unpaired) electrons. The molecule has 0 aliphatic heterocycles. The molecular formula is C17H34N2O6S2. The molecule has 0 N–H and O–H groups in total. The lowest BCUT2D eigenvalue weighted by atomic mass is 10.1. The first-order chi connectivity index (χ1) is 12.8. The van der Waals surface area contributed by atoms with Gasteiger partial charge in [0.15, 0.2) is 0 Å². The number of rotatable bonds is 16. The highest BCUT2D eigenvalue weighted by Crippen LogP contribution is 2.11. The summed E-state index contributed by atoms with van der Waals surface area (Å²) in [5, 5.41) is 0. The van der Waals surface area contributed by atoms with E-state index in [0.717, 1.165) is 64.2 Å². The van der Waals surface area contributed by atoms with E-state index < -0.39 is 24.6 Å². The predicted octanol–water partition coefficient (Wildman–Crippen LogP) is 3.99. The van der Waals surface area contributed by atoms with E-state index in [1.165, 1.54) is 0 Å². The Labute approximate surface area is 164 Å². The molecule has 0 aromatic carbocycles. The number of hydrogen-bond donors (Lipinski definition) is 0. The molecule has 0 aromatic heterocycles. The molecule has 0 saturated carbocycles. The van der Waals surface area contributed by atoms with Gasteiger partial charge in [0.25, 0.3) is 0 Å². The molecule has 0 unspecified atom stereocenters. The van der Waals surface area contributed by atoms with Crippen molar-refractivity contribution in [2.24, 2.45) is 0 Å². The normalized spacial score (nSPS) is 12.1. The molecule has 0 aromatic rings. The summed E-state index contributed by atoms with van der Waals surface area (Å²) in [6, 6.07) is 0. The number of nitrogens with zero attached hydrogens (tertiary/aromatic N) is 2. The molecule has 27 heavy (non-hydrogen) atoms. The highest BCUT2D eigenvalue weighted by molar-refractivity contribution is 8.27. The van der Waals surface area contributed by atoms with E-state index in [4.69, 9.17) is 5.53 Å². The maximum atomic E-state index is 12.0. The van der Waals surface area contributed by atoms with Crippen LogP contribution in [0.4, 0.5) is 0 Å². The lowest BCUT2D eigenvalue weighted by Gasteiger charge is -2.04. The highest BCUT2D eigenvalue weighted by Gasteiger charge is 2.44. The number of hydrogen-bond acceptors (Lipinski definition) is 6. The molecule has 0 atom stereocenters. The van der Waals surface area contributed by atoms with Crippen molar-refractivity contribution >= 4 is 24.6 Å². The van der Waals surface area contributed by atoms with Crippen molar-refractivity contribution in [2.75, 3.05) is 13.2 Å². The van der Waals surface area contributed by atoms with Gasteiger partial charge in [-0.3, -0.25) is 8.37 Å². The van der Waals surface area contributed by atoms with Gasteiger partial charge in [-0.2, -0.15) is 16.8 Å². The summed E-state index contributed by atoms with van der Waals surface area (Å²) in [6.07, 6.45) is 11.0. The van der Waals surface area contributed by atoms with Gasteiger partial charge >= 0.3 is 24.6 Å². The smallest absolute Gasteiger partial charge is 0.359 e. The van der Waals surface area contributed by atoms with Gasteiger partial charge < -0.3 is 5.53 Å². The van der Waals surface area contributed by atoms with Gasteiger partial charge in [0, 0.05) is 0 Å². The summed E-state index contributed by atoms with van der Waals surface area (Å²) < 4.78 is 55.8. The van der Waals surface area contributed by atoms with Crippen LogP contribution in [0.25, 0.3) is 5.53 Å². The molecule has 0 rings (SSSR count). The van der Waals surface area contributed by atoms with Crippen LogP contribution in [0, 0.1) is 0 Å². The fourth-order valence-corrected chi connectivity index (χ4v) is 4.79. The van der Waals surface area contributed by atoms with Crippen molar-refractivity contribution in [2.45, 2.75) is 90.9 Å². The fraction of sp³-hybridized carbons (Fsp3) is 0.941. The molecule has 0 aliphatic rings. The third-order valence-corrected chi connectivity index (χ3v) is 7.18. The molecule has 8 nitrogen and oxygen atoms in total. The van der Waals surface area contributed by atoms with Crippen molar-refractivity contribution in [3.63, 3.8) is 0 Å². The first-order valence-corrected chi connectivity index (χ1v) is 12.6. The lowest BCUT2D eigenvalue weighted by Crippen LogP contribution is -2.29. The molecule has 0 fully saturated rings. The largest absolute Gasteiger partial charge is 0.546 e. The zero-order valence-electron chi connectivity index (χ0n) is 16.6. The standard InChI is InChI=1S/C17H34N2O6S2/c1-3-5-7-9-11-13-15-24-26(20,21)17(19-18)27(22,23)25-16-14-12-10-8-6-4-2/h3-16H2,1-2H3. The molecule has 0 saturated heterocycles. The minimum Gasteiger partial charge on any atom is -0.359 e. The van der Waals surface area contributed by atoms with Crippen molar-refractivity contribution in [3.8, 4) is 0 Å². The Hall–Kier alpha value is -0.800. The second kappa shape index (κ2) is 15.2. The Bertz CT molecular complexity index is 590. The number of unbranched alkanes of at least 4 members (excludes halogenated alkanes) is 10. The van der Waals surface area contributed by atoms with Gasteiger partial charge in [0.2, 0.25) is 0 Å². The van der Waals surface area contributed by atoms with Gasteiger partial charge in [-0.1, -0.05) is 78.1 Å². The van der Waals surface area contributed by atoms with E-state index in [9.17, 15) is 16.8 Å². The quantitative estimate of drug-likeness (QED) is 0.0918. The Kier molecular flexibility index (Phi) is 14.7. The van der Waals surface area contributed by atoms with E-state index >= 15 is 0 Å². The maximum absolute atomic E-state index is 12.0. The molecule has 0 heterocycles. The summed E-state index contributed by atoms with van der Waals surface area (Å²) >= 11 is 0. The Morgan fingerprint density at radius 1 is 0.667 bits per heavy atom. The Morgan fingerprint density at radius 3 is 1.33 bits per heavy atom. The third-order valence-electron chi connectivity index (χ3n) is 3.98. The molecule has 0 aliphatic carbocycles. The minimum absolute atomic E-state index is 0.166.